The topological polar surface area (TPSA) is 94.3 Å². The summed E-state index contributed by atoms with van der Waals surface area (Å²) in [5.74, 6) is 1.29. The number of ether oxygens (including phenoxy) is 1. The van der Waals surface area contributed by atoms with E-state index < -0.39 is 5.82 Å². The van der Waals surface area contributed by atoms with Crippen LogP contribution in [0.15, 0.2) is 50.7 Å². The quantitative estimate of drug-likeness (QED) is 0.420. The number of likely N-dealkylation sites (N-methyl/N-ethyl adjacent to an activating group) is 1. The van der Waals surface area contributed by atoms with E-state index in [9.17, 15) is 4.39 Å². The van der Waals surface area contributed by atoms with E-state index in [1.807, 2.05) is 19.9 Å². The van der Waals surface area contributed by atoms with Crippen LogP contribution in [0, 0.1) is 19.7 Å². The van der Waals surface area contributed by atoms with Crippen molar-refractivity contribution in [2.75, 3.05) is 45.3 Å². The van der Waals surface area contributed by atoms with Gasteiger partial charge in [0.1, 0.15) is 11.7 Å². The third-order valence-corrected chi connectivity index (χ3v) is 5.40. The average Bonchev–Trinajstić information content (AvgIpc) is 3.36. The number of aryl methyl sites for hydroxylation is 2. The number of nitrogens with zero attached hydrogens (tertiary/aromatic N) is 5. The van der Waals surface area contributed by atoms with Crippen molar-refractivity contribution in [1.29, 1.82) is 0 Å². The Kier molecular flexibility index (Phi) is 6.74. The van der Waals surface area contributed by atoms with E-state index in [1.165, 1.54) is 6.07 Å². The van der Waals surface area contributed by atoms with E-state index in [4.69, 9.17) is 9.26 Å². The number of hydrogen-bond donors (Lipinski definition) is 2. The van der Waals surface area contributed by atoms with Crippen LogP contribution in [-0.2, 0) is 0 Å². The molecule has 33 heavy (non-hydrogen) atoms. The smallest absolute Gasteiger partial charge is 0.230 e. The summed E-state index contributed by atoms with van der Waals surface area (Å²) in [6, 6.07) is 6.82. The number of fused-ring (bicyclic) bond motifs is 1. The highest BCUT2D eigenvalue weighted by Gasteiger charge is 2.17. The molecule has 1 fully saturated rings. The van der Waals surface area contributed by atoms with Gasteiger partial charge in [-0.3, -0.25) is 0 Å². The third-order valence-electron chi connectivity index (χ3n) is 5.40. The van der Waals surface area contributed by atoms with Gasteiger partial charge in [0.15, 0.2) is 18.3 Å². The Labute approximate surface area is 191 Å². The molecule has 0 radical (unpaired) electrons. The van der Waals surface area contributed by atoms with Crippen LogP contribution in [-0.4, -0.2) is 72.5 Å². The van der Waals surface area contributed by atoms with Gasteiger partial charge < -0.3 is 29.4 Å². The molecule has 1 aliphatic heterocycles. The van der Waals surface area contributed by atoms with Gasteiger partial charge in [0.2, 0.25) is 5.88 Å². The molecule has 2 N–H and O–H groups in total. The van der Waals surface area contributed by atoms with Crippen LogP contribution in [0.25, 0.3) is 10.9 Å². The molecule has 9 nitrogen and oxygen atoms in total. The monoisotopic (exact) mass is 453 g/mol. The van der Waals surface area contributed by atoms with Crippen LogP contribution in [0.4, 0.5) is 10.3 Å². The van der Waals surface area contributed by atoms with E-state index in [2.05, 4.69) is 49.0 Å². The number of hydrogen-bond acceptors (Lipinski definition) is 7. The number of piperazine rings is 1. The molecule has 0 atom stereocenters. The predicted octanol–water partition coefficient (Wildman–Crippen LogP) is 3.55. The lowest BCUT2D eigenvalue weighted by Gasteiger charge is -2.33. The molecular weight excluding hydrogens is 425 g/mol. The van der Waals surface area contributed by atoms with Crippen molar-refractivity contribution < 1.29 is 13.7 Å². The molecule has 0 unspecified atom stereocenters. The van der Waals surface area contributed by atoms with Gasteiger partial charge in [0.05, 0.1) is 5.69 Å². The Bertz CT molecular complexity index is 1190. The molecule has 3 heterocycles. The van der Waals surface area contributed by atoms with Crippen molar-refractivity contribution in [2.24, 2.45) is 9.98 Å². The minimum absolute atomic E-state index is 0.0458. The Morgan fingerprint density at radius 1 is 1.27 bits per heavy atom. The highest BCUT2D eigenvalue weighted by atomic mass is 19.1. The van der Waals surface area contributed by atoms with E-state index >= 15 is 0 Å². The zero-order chi connectivity index (χ0) is 23.4. The predicted molar refractivity (Wildman–Crippen MR) is 127 cm³/mol. The minimum Gasteiger partial charge on any atom is -0.468 e. The first-order valence-corrected chi connectivity index (χ1v) is 10.7. The van der Waals surface area contributed by atoms with Gasteiger partial charge in [-0.25, -0.2) is 14.4 Å². The molecule has 1 saturated heterocycles. The zero-order valence-corrected chi connectivity index (χ0v) is 19.1. The van der Waals surface area contributed by atoms with E-state index in [0.717, 1.165) is 48.5 Å². The Hall–Kier alpha value is -3.66. The molecule has 3 aromatic rings. The lowest BCUT2D eigenvalue weighted by molar-refractivity contribution is 0.214. The lowest BCUT2D eigenvalue weighted by atomic mass is 10.2. The van der Waals surface area contributed by atoms with Crippen LogP contribution in [0.1, 0.15) is 11.4 Å². The number of aromatic amines is 1. The fraction of sp³-hybridized carbons (Fsp3) is 0.348. The third kappa shape index (κ3) is 5.58. The number of halogens is 1. The molecule has 10 heteroatoms. The molecular formula is C23H28FN7O2. The first kappa shape index (κ1) is 22.5. The second kappa shape index (κ2) is 9.86. The minimum atomic E-state index is -0.438. The van der Waals surface area contributed by atoms with E-state index in [1.54, 1.807) is 18.2 Å². The summed E-state index contributed by atoms with van der Waals surface area (Å²) in [5.41, 5.74) is 2.44. The fourth-order valence-electron chi connectivity index (χ4n) is 3.62. The highest BCUT2D eigenvalue weighted by Crippen LogP contribution is 2.25. The number of aliphatic imine (C=N–C) groups is 2. The van der Waals surface area contributed by atoms with E-state index in [0.29, 0.717) is 17.5 Å². The van der Waals surface area contributed by atoms with Crippen LogP contribution in [0.5, 0.6) is 5.75 Å². The summed E-state index contributed by atoms with van der Waals surface area (Å²) in [6.07, 6.45) is 1.77. The van der Waals surface area contributed by atoms with Gasteiger partial charge in [-0.2, -0.15) is 0 Å². The first-order chi connectivity index (χ1) is 15.9. The molecule has 0 amide bonds. The Morgan fingerprint density at radius 2 is 2.06 bits per heavy atom. The Balaban J connectivity index is 1.54. The van der Waals surface area contributed by atoms with Crippen LogP contribution in [0.2, 0.25) is 0 Å². The molecule has 1 aromatic carbocycles. The molecule has 0 saturated carbocycles. The summed E-state index contributed by atoms with van der Waals surface area (Å²) in [5, 5.41) is 7.80. The van der Waals surface area contributed by atoms with Crippen LogP contribution >= 0.6 is 0 Å². The summed E-state index contributed by atoms with van der Waals surface area (Å²) in [4.78, 5) is 16.2. The number of nitrogens with one attached hydrogen (secondary N) is 2. The number of aromatic nitrogens is 2. The van der Waals surface area contributed by atoms with Gasteiger partial charge in [-0.05, 0) is 39.7 Å². The van der Waals surface area contributed by atoms with Crippen molar-refractivity contribution in [1.82, 2.24) is 19.9 Å². The summed E-state index contributed by atoms with van der Waals surface area (Å²) >= 11 is 0. The number of anilines is 1. The number of H-pyrrole nitrogens is 1. The van der Waals surface area contributed by atoms with Crippen molar-refractivity contribution >= 4 is 29.3 Å². The summed E-state index contributed by atoms with van der Waals surface area (Å²) in [7, 11) is 2.08. The van der Waals surface area contributed by atoms with Crippen molar-refractivity contribution in [3.63, 3.8) is 0 Å². The van der Waals surface area contributed by atoms with E-state index in [-0.39, 0.29) is 12.5 Å². The molecule has 0 bridgehead atoms. The lowest BCUT2D eigenvalue weighted by Crippen LogP contribution is -2.47. The van der Waals surface area contributed by atoms with Crippen molar-refractivity contribution in [3.05, 3.63) is 53.4 Å². The van der Waals surface area contributed by atoms with Crippen LogP contribution < -0.4 is 10.1 Å². The second-order valence-corrected chi connectivity index (χ2v) is 8.05. The number of rotatable bonds is 7. The maximum absolute atomic E-state index is 14.5. The van der Waals surface area contributed by atoms with Gasteiger partial charge in [0.25, 0.3) is 0 Å². The molecule has 1 aliphatic rings. The van der Waals surface area contributed by atoms with Gasteiger partial charge >= 0.3 is 0 Å². The van der Waals surface area contributed by atoms with Crippen LogP contribution in [0.3, 0.4) is 0 Å². The number of benzene rings is 1. The molecule has 0 spiro atoms. The number of amidine groups is 1. The maximum atomic E-state index is 14.5. The fourth-order valence-corrected chi connectivity index (χ4v) is 3.62. The van der Waals surface area contributed by atoms with Gasteiger partial charge in [-0.1, -0.05) is 5.16 Å². The summed E-state index contributed by atoms with van der Waals surface area (Å²) < 4.78 is 25.4. The zero-order valence-electron chi connectivity index (χ0n) is 19.1. The first-order valence-electron chi connectivity index (χ1n) is 10.7. The second-order valence-electron chi connectivity index (χ2n) is 8.05. The highest BCUT2D eigenvalue weighted by molar-refractivity contribution is 5.94. The largest absolute Gasteiger partial charge is 0.468 e. The SMILES string of the molecule is C=N/C(=C\C(=N/COc1cc2cc(C)[nH]c2cc1F)N1CCN(C)CC1)Nc1cc(C)no1. The maximum Gasteiger partial charge on any atom is 0.230 e. The van der Waals surface area contributed by atoms with Gasteiger partial charge in [0, 0.05) is 61.0 Å². The summed E-state index contributed by atoms with van der Waals surface area (Å²) in [6.45, 7) is 10.7. The molecule has 4 rings (SSSR count). The normalized spacial score (nSPS) is 15.8. The molecule has 2 aromatic heterocycles. The molecule has 0 aliphatic carbocycles. The van der Waals surface area contributed by atoms with Crippen molar-refractivity contribution in [2.45, 2.75) is 13.8 Å². The van der Waals surface area contributed by atoms with Crippen molar-refractivity contribution in [3.8, 4) is 5.75 Å². The Morgan fingerprint density at radius 3 is 2.76 bits per heavy atom. The van der Waals surface area contributed by atoms with Gasteiger partial charge in [-0.15, -0.1) is 0 Å². The molecule has 174 valence electrons. The average molecular weight is 454 g/mol. The standard InChI is InChI=1S/C23H28FN7O2/c1-15-9-17-11-20(18(24)12-19(17)27-15)32-14-26-22(31-7-5-30(4)6-8-31)13-21(25-3)28-23-10-16(2)29-33-23/h9-13,27-28H,3,5-8,14H2,1-2,4H3/b21-13+,26-22+.